The van der Waals surface area contributed by atoms with Crippen LogP contribution >= 0.6 is 23.2 Å². The number of benzene rings is 1. The van der Waals surface area contributed by atoms with Crippen LogP contribution in [0.4, 0.5) is 17.3 Å². The number of pyridine rings is 1. The van der Waals surface area contributed by atoms with Gasteiger partial charge in [0.2, 0.25) is 17.7 Å². The normalized spacial score (nSPS) is 21.9. The van der Waals surface area contributed by atoms with Crippen molar-refractivity contribution in [3.05, 3.63) is 58.5 Å². The Labute approximate surface area is 314 Å². The van der Waals surface area contributed by atoms with Crippen molar-refractivity contribution < 1.29 is 14.4 Å². The van der Waals surface area contributed by atoms with Crippen LogP contribution in [0.3, 0.4) is 0 Å². The first-order chi connectivity index (χ1) is 25.0. The summed E-state index contributed by atoms with van der Waals surface area (Å²) in [5.74, 6) is 1.07. The highest BCUT2D eigenvalue weighted by Crippen LogP contribution is 2.36. The zero-order chi connectivity index (χ0) is 36.4. The van der Waals surface area contributed by atoms with Crippen LogP contribution in [0.15, 0.2) is 42.9 Å². The minimum Gasteiger partial charge on any atom is -0.382 e. The van der Waals surface area contributed by atoms with Crippen LogP contribution in [-0.4, -0.2) is 88.9 Å². The first kappa shape index (κ1) is 36.4. The Morgan fingerprint density at radius 1 is 0.981 bits per heavy atom. The van der Waals surface area contributed by atoms with E-state index in [4.69, 9.17) is 28.9 Å². The van der Waals surface area contributed by atoms with Crippen LogP contribution in [-0.2, 0) is 14.4 Å². The van der Waals surface area contributed by atoms with E-state index >= 15 is 0 Å². The van der Waals surface area contributed by atoms with Crippen molar-refractivity contribution in [2.45, 2.75) is 69.7 Å². The number of carbonyl (C=O) groups is 3. The molecule has 0 saturated carbocycles. The number of aromatic nitrogens is 3. The topological polar surface area (TPSA) is 150 Å². The lowest BCUT2D eigenvalue weighted by Gasteiger charge is -2.42. The number of rotatable bonds is 8. The molecule has 7 rings (SSSR count). The number of nitrogens with zero attached hydrogens (tertiary/aromatic N) is 6. The molecule has 4 fully saturated rings. The largest absolute Gasteiger partial charge is 0.382 e. The first-order valence-corrected chi connectivity index (χ1v) is 19.2. The van der Waals surface area contributed by atoms with E-state index < -0.39 is 0 Å². The van der Waals surface area contributed by atoms with Gasteiger partial charge in [0, 0.05) is 62.4 Å². The van der Waals surface area contributed by atoms with E-state index in [0.717, 1.165) is 95.6 Å². The Morgan fingerprint density at radius 3 is 2.44 bits per heavy atom. The molecule has 14 heteroatoms. The van der Waals surface area contributed by atoms with Gasteiger partial charge in [0.05, 0.1) is 34.0 Å². The van der Waals surface area contributed by atoms with Crippen LogP contribution in [0, 0.1) is 11.8 Å². The van der Waals surface area contributed by atoms with Crippen molar-refractivity contribution in [1.29, 1.82) is 0 Å². The quantitative estimate of drug-likeness (QED) is 0.267. The second-order valence-electron chi connectivity index (χ2n) is 15.1. The third-order valence-corrected chi connectivity index (χ3v) is 12.3. The number of nitrogens with two attached hydrogens (primary N) is 1. The SMILES string of the molecule is CC1(NC(=O)C2CCN(CC3CCN(c4cncc(C5CCC(=O)NC5=O)c4)CC3)CC2)CCN(c2cnc(-c3cccc(Cl)c3Cl)c(N)n2)CC1. The number of imide groups is 1. The summed E-state index contributed by atoms with van der Waals surface area (Å²) in [4.78, 5) is 58.2. The third-order valence-electron chi connectivity index (χ3n) is 11.5. The molecule has 1 unspecified atom stereocenters. The molecule has 0 radical (unpaired) electrons. The van der Waals surface area contributed by atoms with Crippen molar-refractivity contribution in [2.75, 3.05) is 61.3 Å². The van der Waals surface area contributed by atoms with Crippen molar-refractivity contribution in [3.63, 3.8) is 0 Å². The van der Waals surface area contributed by atoms with Gasteiger partial charge < -0.3 is 25.8 Å². The third kappa shape index (κ3) is 8.14. The zero-order valence-corrected chi connectivity index (χ0v) is 31.1. The number of amides is 3. The Morgan fingerprint density at radius 2 is 1.73 bits per heavy atom. The standard InChI is InChI=1S/C38H47Cl2N9O3/c1-38(11-17-49(18-12-38)31-22-43-34(35(41)44-31)29-3-2-4-30(39)33(29)40)46-36(51)25-9-13-47(14-10-25)23-24-7-15-48(16-8-24)27-19-26(20-42-21-27)28-5-6-32(50)45-37(28)52/h2-4,19-22,24-25,28H,5-18,23H2,1H3,(H2,41,44)(H,46,51)(H,45,50,52). The molecule has 1 aromatic carbocycles. The monoisotopic (exact) mass is 747 g/mol. The summed E-state index contributed by atoms with van der Waals surface area (Å²) in [5, 5.41) is 6.71. The average Bonchev–Trinajstić information content (AvgIpc) is 3.14. The number of halogens is 2. The molecule has 276 valence electrons. The molecular weight excluding hydrogens is 701 g/mol. The highest BCUT2D eigenvalue weighted by Gasteiger charge is 2.36. The summed E-state index contributed by atoms with van der Waals surface area (Å²) >= 11 is 12.6. The van der Waals surface area contributed by atoms with Gasteiger partial charge in [-0.25, -0.2) is 9.97 Å². The Balaban J connectivity index is 0.837. The molecule has 4 aliphatic heterocycles. The van der Waals surface area contributed by atoms with Gasteiger partial charge >= 0.3 is 0 Å². The molecule has 3 amide bonds. The molecular formula is C38H47Cl2N9O3. The smallest absolute Gasteiger partial charge is 0.234 e. The van der Waals surface area contributed by atoms with Gasteiger partial charge in [0.25, 0.3) is 0 Å². The van der Waals surface area contributed by atoms with E-state index in [1.54, 1.807) is 18.5 Å². The molecule has 6 heterocycles. The Hall–Kier alpha value is -4.00. The summed E-state index contributed by atoms with van der Waals surface area (Å²) in [6.07, 6.45) is 11.8. The molecule has 4 N–H and O–H groups in total. The van der Waals surface area contributed by atoms with Gasteiger partial charge in [-0.15, -0.1) is 0 Å². The second-order valence-corrected chi connectivity index (χ2v) is 15.9. The molecule has 4 aliphatic rings. The van der Waals surface area contributed by atoms with Crippen molar-refractivity contribution in [3.8, 4) is 11.3 Å². The van der Waals surface area contributed by atoms with E-state index in [0.29, 0.717) is 51.7 Å². The number of piperidine rings is 4. The van der Waals surface area contributed by atoms with Gasteiger partial charge in [-0.05, 0) is 88.6 Å². The number of likely N-dealkylation sites (tertiary alicyclic amines) is 1. The van der Waals surface area contributed by atoms with E-state index in [2.05, 4.69) is 53.3 Å². The van der Waals surface area contributed by atoms with E-state index in [-0.39, 0.29) is 35.1 Å². The molecule has 52 heavy (non-hydrogen) atoms. The summed E-state index contributed by atoms with van der Waals surface area (Å²) in [5.41, 5.74) is 9.12. The lowest BCUT2D eigenvalue weighted by Crippen LogP contribution is -2.55. The summed E-state index contributed by atoms with van der Waals surface area (Å²) < 4.78 is 0. The fourth-order valence-electron chi connectivity index (χ4n) is 8.13. The molecule has 0 aliphatic carbocycles. The van der Waals surface area contributed by atoms with Gasteiger partial charge in [-0.1, -0.05) is 35.3 Å². The fraction of sp³-hybridized carbons (Fsp3) is 0.526. The second kappa shape index (κ2) is 15.5. The van der Waals surface area contributed by atoms with E-state index in [1.807, 2.05) is 18.3 Å². The van der Waals surface area contributed by atoms with Crippen molar-refractivity contribution in [1.82, 2.24) is 30.5 Å². The molecule has 4 saturated heterocycles. The highest BCUT2D eigenvalue weighted by molar-refractivity contribution is 6.43. The maximum absolute atomic E-state index is 13.5. The van der Waals surface area contributed by atoms with Crippen LogP contribution in [0.1, 0.15) is 69.8 Å². The van der Waals surface area contributed by atoms with Crippen LogP contribution in [0.5, 0.6) is 0 Å². The lowest BCUT2D eigenvalue weighted by molar-refractivity contribution is -0.134. The maximum atomic E-state index is 13.5. The van der Waals surface area contributed by atoms with Crippen molar-refractivity contribution >= 4 is 58.2 Å². The summed E-state index contributed by atoms with van der Waals surface area (Å²) in [6, 6.07) is 7.42. The number of anilines is 3. The molecule has 0 bridgehead atoms. The first-order valence-electron chi connectivity index (χ1n) is 18.4. The number of carbonyl (C=O) groups excluding carboxylic acids is 3. The van der Waals surface area contributed by atoms with Gasteiger partial charge in [-0.3, -0.25) is 24.7 Å². The van der Waals surface area contributed by atoms with Gasteiger partial charge in [-0.2, -0.15) is 0 Å². The Bertz CT molecular complexity index is 1800. The minimum atomic E-state index is -0.323. The predicted octanol–water partition coefficient (Wildman–Crippen LogP) is 5.05. The number of hydrogen-bond donors (Lipinski definition) is 3. The van der Waals surface area contributed by atoms with Gasteiger partial charge in [0.1, 0.15) is 11.5 Å². The molecule has 12 nitrogen and oxygen atoms in total. The zero-order valence-electron chi connectivity index (χ0n) is 29.6. The fourth-order valence-corrected chi connectivity index (χ4v) is 8.52. The Kier molecular flexibility index (Phi) is 10.9. The van der Waals surface area contributed by atoms with Crippen molar-refractivity contribution in [2.24, 2.45) is 11.8 Å². The number of nitrogen functional groups attached to an aromatic ring is 1. The molecule has 0 spiro atoms. The number of nitrogens with one attached hydrogen (secondary N) is 2. The van der Waals surface area contributed by atoms with Crippen LogP contribution in [0.25, 0.3) is 11.3 Å². The summed E-state index contributed by atoms with van der Waals surface area (Å²) in [6.45, 7) is 8.46. The maximum Gasteiger partial charge on any atom is 0.234 e. The van der Waals surface area contributed by atoms with E-state index in [9.17, 15) is 14.4 Å². The highest BCUT2D eigenvalue weighted by atomic mass is 35.5. The molecule has 2 aromatic heterocycles. The molecule has 3 aromatic rings. The average molecular weight is 749 g/mol. The van der Waals surface area contributed by atoms with Crippen LogP contribution in [0.2, 0.25) is 10.0 Å². The van der Waals surface area contributed by atoms with Crippen LogP contribution < -0.4 is 26.2 Å². The number of hydrogen-bond acceptors (Lipinski definition) is 10. The van der Waals surface area contributed by atoms with Gasteiger partial charge in [0.15, 0.2) is 5.82 Å². The minimum absolute atomic E-state index is 0.0358. The van der Waals surface area contributed by atoms with E-state index in [1.165, 1.54) is 0 Å². The molecule has 1 atom stereocenters. The lowest BCUT2D eigenvalue weighted by atomic mass is 9.87. The predicted molar refractivity (Wildman–Crippen MR) is 203 cm³/mol. The summed E-state index contributed by atoms with van der Waals surface area (Å²) in [7, 11) is 0.